The van der Waals surface area contributed by atoms with Crippen molar-refractivity contribution >= 4 is 27.7 Å². The quantitative estimate of drug-likeness (QED) is 0.341. The second kappa shape index (κ2) is 13.0. The van der Waals surface area contributed by atoms with Crippen LogP contribution in [-0.4, -0.2) is 45.8 Å². The van der Waals surface area contributed by atoms with E-state index in [0.29, 0.717) is 19.6 Å². The van der Waals surface area contributed by atoms with Crippen LogP contribution in [0.1, 0.15) is 71.6 Å². The fraction of sp³-hybridized carbons (Fsp3) is 0.556. The van der Waals surface area contributed by atoms with Gasteiger partial charge in [0.25, 0.3) is 0 Å². The predicted octanol–water partition coefficient (Wildman–Crippen LogP) is 6.10. The molecule has 33 heavy (non-hydrogen) atoms. The van der Waals surface area contributed by atoms with Gasteiger partial charge >= 0.3 is 0 Å². The summed E-state index contributed by atoms with van der Waals surface area (Å²) in [6, 6.07) is 12.4. The van der Waals surface area contributed by atoms with E-state index in [1.807, 2.05) is 43.9 Å². The molecule has 0 bridgehead atoms. The highest BCUT2D eigenvalue weighted by Crippen LogP contribution is 2.19. The highest BCUT2D eigenvalue weighted by Gasteiger charge is 2.29. The zero-order valence-corrected chi connectivity index (χ0v) is 22.5. The lowest BCUT2D eigenvalue weighted by Gasteiger charge is -2.32. The average Bonchev–Trinajstić information content (AvgIpc) is 3.20. The van der Waals surface area contributed by atoms with Gasteiger partial charge in [-0.15, -0.1) is 0 Å². The zero-order valence-electron chi connectivity index (χ0n) is 20.9. The number of aromatic nitrogens is 1. The molecule has 0 spiro atoms. The first-order chi connectivity index (χ1) is 15.7. The largest absolute Gasteiger partial charge is 0.345 e. The van der Waals surface area contributed by atoms with E-state index >= 15 is 0 Å². The van der Waals surface area contributed by atoms with Crippen molar-refractivity contribution in [1.29, 1.82) is 0 Å². The molecule has 182 valence electrons. The van der Waals surface area contributed by atoms with E-state index < -0.39 is 5.41 Å². The molecule has 0 saturated carbocycles. The van der Waals surface area contributed by atoms with Crippen LogP contribution in [0.3, 0.4) is 0 Å². The minimum absolute atomic E-state index is 0.0218. The summed E-state index contributed by atoms with van der Waals surface area (Å²) in [5, 5.41) is 0. The number of amides is 2. The van der Waals surface area contributed by atoms with Crippen LogP contribution in [0.5, 0.6) is 0 Å². The van der Waals surface area contributed by atoms with Gasteiger partial charge in [0, 0.05) is 41.4 Å². The summed E-state index contributed by atoms with van der Waals surface area (Å²) in [7, 11) is 0. The maximum atomic E-state index is 13.4. The molecule has 1 aromatic carbocycles. The van der Waals surface area contributed by atoms with Crippen molar-refractivity contribution in [2.75, 3.05) is 19.6 Å². The van der Waals surface area contributed by atoms with Gasteiger partial charge in [0.1, 0.15) is 0 Å². The van der Waals surface area contributed by atoms with E-state index in [4.69, 9.17) is 0 Å². The highest BCUT2D eigenvalue weighted by molar-refractivity contribution is 9.10. The molecule has 5 nitrogen and oxygen atoms in total. The van der Waals surface area contributed by atoms with E-state index in [1.54, 1.807) is 4.90 Å². The summed E-state index contributed by atoms with van der Waals surface area (Å²) < 4.78 is 3.26. The maximum absolute atomic E-state index is 13.4. The minimum atomic E-state index is -0.498. The topological polar surface area (TPSA) is 45.6 Å². The van der Waals surface area contributed by atoms with Crippen molar-refractivity contribution in [3.8, 4) is 0 Å². The van der Waals surface area contributed by atoms with E-state index in [1.165, 1.54) is 5.56 Å². The summed E-state index contributed by atoms with van der Waals surface area (Å²) in [4.78, 5) is 30.1. The number of nitrogens with zero attached hydrogens (tertiary/aromatic N) is 3. The van der Waals surface area contributed by atoms with Gasteiger partial charge in [-0.05, 0) is 42.7 Å². The molecule has 2 rings (SSSR count). The Morgan fingerprint density at radius 3 is 2.12 bits per heavy atom. The number of carbonyl (C=O) groups is 2. The molecule has 2 amide bonds. The monoisotopic (exact) mass is 517 g/mol. The molecular formula is C27H40BrN3O2. The van der Waals surface area contributed by atoms with Gasteiger partial charge in [-0.2, -0.15) is 0 Å². The molecule has 1 heterocycles. The summed E-state index contributed by atoms with van der Waals surface area (Å²) in [6.07, 6.45) is 5.92. The smallest absolute Gasteiger partial charge is 0.242 e. The molecule has 0 aliphatic carbocycles. The van der Waals surface area contributed by atoms with Crippen molar-refractivity contribution in [2.24, 2.45) is 5.41 Å². The second-order valence-corrected chi connectivity index (χ2v) is 10.7. The van der Waals surface area contributed by atoms with Gasteiger partial charge in [0.2, 0.25) is 11.8 Å². The van der Waals surface area contributed by atoms with Crippen LogP contribution in [-0.2, 0) is 22.7 Å². The van der Waals surface area contributed by atoms with Crippen molar-refractivity contribution in [2.45, 2.75) is 73.4 Å². The first-order valence-corrected chi connectivity index (χ1v) is 12.9. The van der Waals surface area contributed by atoms with Crippen LogP contribution < -0.4 is 0 Å². The summed E-state index contributed by atoms with van der Waals surface area (Å²) in [6.45, 7) is 12.8. The van der Waals surface area contributed by atoms with E-state index in [9.17, 15) is 9.59 Å². The summed E-state index contributed by atoms with van der Waals surface area (Å²) in [5.74, 6) is 0.0619. The van der Waals surface area contributed by atoms with E-state index in [-0.39, 0.29) is 18.4 Å². The van der Waals surface area contributed by atoms with Crippen molar-refractivity contribution in [3.63, 3.8) is 0 Å². The van der Waals surface area contributed by atoms with Gasteiger partial charge in [-0.25, -0.2) is 0 Å². The van der Waals surface area contributed by atoms with Gasteiger partial charge < -0.3 is 14.4 Å². The molecule has 0 fully saturated rings. The number of halogens is 1. The third kappa shape index (κ3) is 8.65. The van der Waals surface area contributed by atoms with Crippen molar-refractivity contribution in [1.82, 2.24) is 14.4 Å². The number of unbranched alkanes of at least 4 members (excludes halogenated alkanes) is 2. The Bertz CT molecular complexity index is 884. The van der Waals surface area contributed by atoms with Crippen LogP contribution >= 0.6 is 15.9 Å². The van der Waals surface area contributed by atoms with Gasteiger partial charge in [-0.1, -0.05) is 75.5 Å². The number of hydrogen-bond acceptors (Lipinski definition) is 2. The van der Waals surface area contributed by atoms with Gasteiger partial charge in [0.15, 0.2) is 0 Å². The van der Waals surface area contributed by atoms with Crippen LogP contribution in [0.4, 0.5) is 0 Å². The average molecular weight is 519 g/mol. The Hall–Kier alpha value is -2.08. The third-order valence-corrected chi connectivity index (χ3v) is 6.24. The molecule has 6 heteroatoms. The molecular weight excluding hydrogens is 478 g/mol. The SMILES string of the molecule is CCCCN(Cc1cccn1Cc1ccc(Br)cc1)C(=O)CN(CCCC)C(=O)C(C)(C)C. The predicted molar refractivity (Wildman–Crippen MR) is 139 cm³/mol. The van der Waals surface area contributed by atoms with Crippen molar-refractivity contribution in [3.05, 3.63) is 58.3 Å². The fourth-order valence-corrected chi connectivity index (χ4v) is 3.97. The maximum Gasteiger partial charge on any atom is 0.242 e. The number of hydrogen-bond donors (Lipinski definition) is 0. The fourth-order valence-electron chi connectivity index (χ4n) is 3.71. The number of carbonyl (C=O) groups excluding carboxylic acids is 2. The lowest BCUT2D eigenvalue weighted by molar-refractivity contribution is -0.146. The summed E-state index contributed by atoms with van der Waals surface area (Å²) in [5.41, 5.74) is 1.81. The lowest BCUT2D eigenvalue weighted by atomic mass is 9.94. The molecule has 0 atom stereocenters. The minimum Gasteiger partial charge on any atom is -0.345 e. The van der Waals surface area contributed by atoms with Crippen LogP contribution in [0.25, 0.3) is 0 Å². The second-order valence-electron chi connectivity index (χ2n) is 9.75. The summed E-state index contributed by atoms with van der Waals surface area (Å²) >= 11 is 3.49. The normalized spacial score (nSPS) is 11.5. The Morgan fingerprint density at radius 2 is 1.55 bits per heavy atom. The molecule has 0 unspecified atom stereocenters. The van der Waals surface area contributed by atoms with Gasteiger partial charge in [-0.3, -0.25) is 9.59 Å². The van der Waals surface area contributed by atoms with Gasteiger partial charge in [0.05, 0.1) is 13.1 Å². The van der Waals surface area contributed by atoms with E-state index in [2.05, 4.69) is 58.7 Å². The Labute approximate surface area is 208 Å². The lowest BCUT2D eigenvalue weighted by Crippen LogP contribution is -2.47. The Kier molecular flexibility index (Phi) is 10.7. The van der Waals surface area contributed by atoms with E-state index in [0.717, 1.165) is 42.4 Å². The zero-order chi connectivity index (χ0) is 24.4. The molecule has 2 aromatic rings. The molecule has 1 aromatic heterocycles. The number of benzene rings is 1. The Morgan fingerprint density at radius 1 is 0.939 bits per heavy atom. The van der Waals surface area contributed by atoms with Crippen LogP contribution in [0, 0.1) is 5.41 Å². The highest BCUT2D eigenvalue weighted by atomic mass is 79.9. The molecule has 0 aliphatic rings. The molecule has 0 N–H and O–H groups in total. The third-order valence-electron chi connectivity index (χ3n) is 5.71. The molecule has 0 aliphatic heterocycles. The van der Waals surface area contributed by atoms with Crippen molar-refractivity contribution < 1.29 is 9.59 Å². The standard InChI is InChI=1S/C27H40BrN3O2/c1-6-8-16-30(25(32)21-31(17-9-7-2)26(33)27(3,4)5)20-24-11-10-18-29(24)19-22-12-14-23(28)15-13-22/h10-15,18H,6-9,16-17,19-21H2,1-5H3. The Balaban J connectivity index is 2.16. The first-order valence-electron chi connectivity index (χ1n) is 12.1. The first kappa shape index (κ1) is 27.2. The van der Waals surface area contributed by atoms with Crippen LogP contribution in [0.15, 0.2) is 47.1 Å². The molecule has 0 radical (unpaired) electrons. The number of rotatable bonds is 12. The van der Waals surface area contributed by atoms with Crippen LogP contribution in [0.2, 0.25) is 0 Å². The molecule has 0 saturated heterocycles.